The molecule has 0 heterocycles. The highest BCUT2D eigenvalue weighted by atomic mass is 16.7. The summed E-state index contributed by atoms with van der Waals surface area (Å²) in [6.07, 6.45) is -5.06. The quantitative estimate of drug-likeness (QED) is 0.0353. The van der Waals surface area contributed by atoms with Gasteiger partial charge in [0.05, 0.1) is 0 Å². The Kier molecular flexibility index (Phi) is 37.3. The lowest BCUT2D eigenvalue weighted by atomic mass is 9.83. The van der Waals surface area contributed by atoms with Gasteiger partial charge in [0.15, 0.2) is 36.6 Å². The van der Waals surface area contributed by atoms with Crippen LogP contribution in [0.15, 0.2) is 0 Å². The molecule has 0 aromatic rings. The number of hydrogen-bond acceptors (Lipinski definition) is 18. The van der Waals surface area contributed by atoms with E-state index >= 15 is 0 Å². The van der Waals surface area contributed by atoms with Gasteiger partial charge in [0.25, 0.3) is 0 Å². The topological polar surface area (TPSA) is 213 Å². The fraction of sp³-hybridized carbons (Fsp3) is 0.875. The van der Waals surface area contributed by atoms with Gasteiger partial charge in [0, 0.05) is 118 Å². The van der Waals surface area contributed by atoms with Gasteiger partial charge in [0.1, 0.15) is 0 Å². The van der Waals surface area contributed by atoms with Gasteiger partial charge in [-0.1, -0.05) is 41.5 Å². The molecule has 0 bridgehead atoms. The first-order valence-electron chi connectivity index (χ1n) is 24.7. The van der Waals surface area contributed by atoms with Crippen molar-refractivity contribution in [2.45, 2.75) is 194 Å². The van der Waals surface area contributed by atoms with E-state index in [0.29, 0.717) is 39.6 Å². The summed E-state index contributed by atoms with van der Waals surface area (Å²) in [5, 5.41) is 0. The van der Waals surface area contributed by atoms with E-state index in [1.54, 1.807) is 0 Å². The molecule has 0 radical (unpaired) electrons. The maximum Gasteiger partial charge on any atom is 0.306 e. The van der Waals surface area contributed by atoms with Crippen LogP contribution in [-0.4, -0.2) is 152 Å². The highest BCUT2D eigenvalue weighted by molar-refractivity contribution is 5.74. The summed E-state index contributed by atoms with van der Waals surface area (Å²) in [4.78, 5) is 82.7. The van der Waals surface area contributed by atoms with E-state index in [1.165, 1.54) is 0 Å². The van der Waals surface area contributed by atoms with Crippen LogP contribution in [0.1, 0.15) is 157 Å². The monoisotopic (exact) mass is 949 g/mol. The summed E-state index contributed by atoms with van der Waals surface area (Å²) < 4.78 is 70.0. The number of carbonyl (C=O) groups excluding carboxylic acids is 6. The van der Waals surface area contributed by atoms with Crippen molar-refractivity contribution in [1.82, 2.24) is 0 Å². The van der Waals surface area contributed by atoms with Gasteiger partial charge in [-0.2, -0.15) is 0 Å². The van der Waals surface area contributed by atoms with Crippen molar-refractivity contribution >= 4 is 35.8 Å². The third kappa shape index (κ3) is 28.7. The molecule has 0 aromatic heterocycles. The first kappa shape index (κ1) is 60.6. The molecule has 0 amide bonds. The van der Waals surface area contributed by atoms with Crippen LogP contribution in [0.5, 0.6) is 0 Å². The maximum absolute atomic E-state index is 13.8. The molecule has 1 rings (SSSR count). The Morgan fingerprint density at radius 3 is 0.500 bits per heavy atom. The van der Waals surface area contributed by atoms with Gasteiger partial charge in [-0.15, -0.1) is 0 Å². The Morgan fingerprint density at radius 2 is 0.379 bits per heavy atom. The summed E-state index contributed by atoms with van der Waals surface area (Å²) in [5.41, 5.74) is 0. The first-order chi connectivity index (χ1) is 32.1. The second kappa shape index (κ2) is 40.6. The minimum absolute atomic E-state index is 0.159. The summed E-state index contributed by atoms with van der Waals surface area (Å²) in [6, 6.07) is 0. The van der Waals surface area contributed by atoms with Crippen LogP contribution in [0.4, 0.5) is 0 Å². The predicted molar refractivity (Wildman–Crippen MR) is 241 cm³/mol. The van der Waals surface area contributed by atoms with Crippen molar-refractivity contribution in [3.05, 3.63) is 0 Å². The fourth-order valence-electron chi connectivity index (χ4n) is 6.58. The molecule has 1 saturated carbocycles. The van der Waals surface area contributed by atoms with Crippen LogP contribution >= 0.6 is 0 Å². The minimum Gasteiger partial charge on any atom is -0.454 e. The van der Waals surface area contributed by atoms with Crippen molar-refractivity contribution in [2.75, 3.05) is 79.3 Å². The van der Waals surface area contributed by atoms with Crippen molar-refractivity contribution in [2.24, 2.45) is 0 Å². The molecule has 1 aliphatic rings. The average molecular weight is 949 g/mol. The highest BCUT2D eigenvalue weighted by Gasteiger charge is 2.61. The van der Waals surface area contributed by atoms with Crippen LogP contribution in [0, 0.1) is 0 Å². The molecule has 1 fully saturated rings. The lowest BCUT2D eigenvalue weighted by Crippen LogP contribution is -2.69. The molecule has 0 unspecified atom stereocenters. The molecule has 0 N–H and O–H groups in total. The van der Waals surface area contributed by atoms with E-state index in [-0.39, 0.29) is 117 Å². The number of carbonyl (C=O) groups is 6. The zero-order valence-corrected chi connectivity index (χ0v) is 41.0. The second-order valence-electron chi connectivity index (χ2n) is 16.0. The van der Waals surface area contributed by atoms with Gasteiger partial charge in [-0.05, 0) is 77.0 Å². The smallest absolute Gasteiger partial charge is 0.306 e. The molecule has 0 spiro atoms. The van der Waals surface area contributed by atoms with Crippen LogP contribution < -0.4 is 0 Å². The van der Waals surface area contributed by atoms with E-state index < -0.39 is 72.4 Å². The first-order valence-corrected chi connectivity index (χ1v) is 24.7. The van der Waals surface area contributed by atoms with E-state index in [0.717, 1.165) is 38.5 Å². The molecule has 0 aromatic carbocycles. The predicted octanol–water partition coefficient (Wildman–Crippen LogP) is 6.71. The Labute approximate surface area is 393 Å². The lowest BCUT2D eigenvalue weighted by molar-refractivity contribution is -0.262. The van der Waals surface area contributed by atoms with E-state index in [2.05, 4.69) is 0 Å². The van der Waals surface area contributed by atoms with Gasteiger partial charge >= 0.3 is 35.8 Å². The van der Waals surface area contributed by atoms with E-state index in [9.17, 15) is 28.8 Å². The molecule has 1 aliphatic carbocycles. The van der Waals surface area contributed by atoms with Crippen LogP contribution in [0.2, 0.25) is 0 Å². The normalized spacial score (nSPS) is 19.2. The zero-order valence-electron chi connectivity index (χ0n) is 41.0. The van der Waals surface area contributed by atoms with Crippen molar-refractivity contribution in [1.29, 1.82) is 0 Å². The summed E-state index contributed by atoms with van der Waals surface area (Å²) in [7, 11) is 0. The third-order valence-corrected chi connectivity index (χ3v) is 9.66. The standard InChI is InChI=1S/C48H84O18/c1-7-25-55-31-13-19-37(49)61-43-44(62-38(50)20-14-32-56-26-8-2)46(64-40(52)22-16-34-58-28-10-4)48(66-42(54)24-18-36-60-30-12-6)47(65-41(53)23-17-35-59-29-11-5)45(43)63-39(51)21-15-33-57-27-9-3/h43-48H,7-36H2,1-6H3. The SMILES string of the molecule is CCCOCCCC(=O)OC1C(OC(=O)CCCOCCC)C(OC(=O)CCCOCCC)C(OC(=O)CCCOCCC)C(OC(=O)CCCOCCC)C1OC(=O)CCCOCCC. The fourth-order valence-corrected chi connectivity index (χ4v) is 6.58. The number of ether oxygens (including phenoxy) is 12. The molecule has 66 heavy (non-hydrogen) atoms. The second-order valence-corrected chi connectivity index (χ2v) is 16.0. The van der Waals surface area contributed by atoms with Crippen LogP contribution in [-0.2, 0) is 85.6 Å². The number of rotatable bonds is 42. The molecule has 18 nitrogen and oxygen atoms in total. The molecule has 0 atom stereocenters. The molecule has 384 valence electrons. The van der Waals surface area contributed by atoms with Crippen molar-refractivity contribution in [3.63, 3.8) is 0 Å². The molecular formula is C48H84O18. The zero-order chi connectivity index (χ0) is 48.6. The highest BCUT2D eigenvalue weighted by Crippen LogP contribution is 2.36. The summed E-state index contributed by atoms with van der Waals surface area (Å²) in [6.45, 7) is 16.1. The maximum atomic E-state index is 13.8. The third-order valence-electron chi connectivity index (χ3n) is 9.66. The van der Waals surface area contributed by atoms with Crippen LogP contribution in [0.25, 0.3) is 0 Å². The molecule has 0 aliphatic heterocycles. The number of hydrogen-bond donors (Lipinski definition) is 0. The van der Waals surface area contributed by atoms with Gasteiger partial charge in [-0.3, -0.25) is 28.8 Å². The summed E-state index contributed by atoms with van der Waals surface area (Å²) in [5.74, 6) is -4.74. The van der Waals surface area contributed by atoms with E-state index in [4.69, 9.17) is 56.8 Å². The van der Waals surface area contributed by atoms with Gasteiger partial charge < -0.3 is 56.8 Å². The van der Waals surface area contributed by atoms with Crippen molar-refractivity contribution in [3.8, 4) is 0 Å². The largest absolute Gasteiger partial charge is 0.454 e. The number of esters is 6. The van der Waals surface area contributed by atoms with Crippen LogP contribution in [0.3, 0.4) is 0 Å². The Bertz CT molecular complexity index is 1040. The summed E-state index contributed by atoms with van der Waals surface area (Å²) >= 11 is 0. The van der Waals surface area contributed by atoms with E-state index in [1.807, 2.05) is 41.5 Å². The average Bonchev–Trinajstić information content (AvgIpc) is 3.29. The minimum atomic E-state index is -1.72. The molecule has 18 heteroatoms. The Balaban J connectivity index is 3.97. The van der Waals surface area contributed by atoms with Crippen molar-refractivity contribution < 1.29 is 85.6 Å². The molecular weight excluding hydrogens is 865 g/mol. The van der Waals surface area contributed by atoms with Gasteiger partial charge in [0.2, 0.25) is 0 Å². The van der Waals surface area contributed by atoms with Gasteiger partial charge in [-0.25, -0.2) is 0 Å². The Hall–Kier alpha value is -3.42. The Morgan fingerprint density at radius 1 is 0.242 bits per heavy atom. The lowest BCUT2D eigenvalue weighted by Gasteiger charge is -2.47. The molecule has 0 saturated heterocycles.